The minimum absolute atomic E-state index is 0.307. The molecule has 1 rings (SSSR count). The molecule has 6 nitrogen and oxygen atoms in total. The lowest BCUT2D eigenvalue weighted by Gasteiger charge is -2.15. The third kappa shape index (κ3) is 5.65. The molecule has 0 aliphatic carbocycles. The SMILES string of the molecule is COC(CNc1ccc(NS(C)(=O)=O)c(Cl)c1)OC. The predicted molar refractivity (Wildman–Crippen MR) is 76.2 cm³/mol. The first-order chi connectivity index (χ1) is 8.85. The lowest BCUT2D eigenvalue weighted by atomic mass is 10.3. The number of nitrogens with one attached hydrogen (secondary N) is 2. The fourth-order valence-corrected chi connectivity index (χ4v) is 2.23. The van der Waals surface area contributed by atoms with E-state index in [1.807, 2.05) is 0 Å². The van der Waals surface area contributed by atoms with Crippen LogP contribution in [0.5, 0.6) is 0 Å². The monoisotopic (exact) mass is 308 g/mol. The molecule has 1 aromatic rings. The van der Waals surface area contributed by atoms with E-state index in [1.54, 1.807) is 32.4 Å². The minimum atomic E-state index is -3.34. The Morgan fingerprint density at radius 1 is 1.32 bits per heavy atom. The van der Waals surface area contributed by atoms with Crippen LogP contribution in [0, 0.1) is 0 Å². The fraction of sp³-hybridized carbons (Fsp3) is 0.455. The maximum Gasteiger partial charge on any atom is 0.229 e. The van der Waals surface area contributed by atoms with Crippen molar-refractivity contribution in [3.8, 4) is 0 Å². The summed E-state index contributed by atoms with van der Waals surface area (Å²) in [5.41, 5.74) is 1.08. The zero-order valence-electron chi connectivity index (χ0n) is 10.9. The largest absolute Gasteiger partial charge is 0.380 e. The van der Waals surface area contributed by atoms with Crippen molar-refractivity contribution in [2.24, 2.45) is 0 Å². The molecule has 1 aromatic carbocycles. The zero-order valence-corrected chi connectivity index (χ0v) is 12.5. The first-order valence-electron chi connectivity index (χ1n) is 5.42. The van der Waals surface area contributed by atoms with E-state index in [2.05, 4.69) is 10.0 Å². The minimum Gasteiger partial charge on any atom is -0.380 e. The van der Waals surface area contributed by atoms with E-state index in [4.69, 9.17) is 21.1 Å². The Labute approximate surface area is 118 Å². The van der Waals surface area contributed by atoms with Crippen molar-refractivity contribution in [2.45, 2.75) is 6.29 Å². The van der Waals surface area contributed by atoms with Crippen LogP contribution in [0.15, 0.2) is 18.2 Å². The van der Waals surface area contributed by atoms with Crippen LogP contribution in [0.3, 0.4) is 0 Å². The molecule has 0 saturated heterocycles. The molecule has 2 N–H and O–H groups in total. The van der Waals surface area contributed by atoms with Crippen molar-refractivity contribution >= 4 is 33.0 Å². The number of rotatable bonds is 7. The summed E-state index contributed by atoms with van der Waals surface area (Å²) >= 11 is 5.99. The zero-order chi connectivity index (χ0) is 14.5. The van der Waals surface area contributed by atoms with Crippen molar-refractivity contribution in [1.82, 2.24) is 0 Å². The van der Waals surface area contributed by atoms with E-state index in [1.165, 1.54) is 0 Å². The second-order valence-electron chi connectivity index (χ2n) is 3.85. The van der Waals surface area contributed by atoms with Crippen LogP contribution in [0.1, 0.15) is 0 Å². The molecule has 0 amide bonds. The average Bonchev–Trinajstić information content (AvgIpc) is 2.32. The van der Waals surface area contributed by atoms with Crippen LogP contribution < -0.4 is 10.0 Å². The Morgan fingerprint density at radius 3 is 2.42 bits per heavy atom. The van der Waals surface area contributed by atoms with Gasteiger partial charge in [0.1, 0.15) is 0 Å². The van der Waals surface area contributed by atoms with Gasteiger partial charge in [-0.3, -0.25) is 4.72 Å². The van der Waals surface area contributed by atoms with Crippen molar-refractivity contribution < 1.29 is 17.9 Å². The van der Waals surface area contributed by atoms with Gasteiger partial charge in [0, 0.05) is 19.9 Å². The van der Waals surface area contributed by atoms with Crippen LogP contribution in [0.4, 0.5) is 11.4 Å². The van der Waals surface area contributed by atoms with Gasteiger partial charge in [0.2, 0.25) is 10.0 Å². The smallest absolute Gasteiger partial charge is 0.229 e. The summed E-state index contributed by atoms with van der Waals surface area (Å²) in [5, 5.41) is 3.37. The summed E-state index contributed by atoms with van der Waals surface area (Å²) < 4.78 is 34.6. The number of hydrogen-bond acceptors (Lipinski definition) is 5. The summed E-state index contributed by atoms with van der Waals surface area (Å²) in [6, 6.07) is 4.92. The Bertz CT molecular complexity index is 517. The summed E-state index contributed by atoms with van der Waals surface area (Å²) in [4.78, 5) is 0. The van der Waals surface area contributed by atoms with Gasteiger partial charge in [0.05, 0.1) is 23.5 Å². The van der Waals surface area contributed by atoms with Crippen LogP contribution in [0.25, 0.3) is 0 Å². The Kier molecular flexibility index (Phi) is 5.86. The number of hydrogen-bond donors (Lipinski definition) is 2. The van der Waals surface area contributed by atoms with Crippen LogP contribution >= 0.6 is 11.6 Å². The van der Waals surface area contributed by atoms with Gasteiger partial charge in [0.25, 0.3) is 0 Å². The third-order valence-electron chi connectivity index (χ3n) is 2.26. The first kappa shape index (κ1) is 16.0. The van der Waals surface area contributed by atoms with E-state index in [9.17, 15) is 8.42 Å². The molecular weight excluding hydrogens is 292 g/mol. The van der Waals surface area contributed by atoms with E-state index in [0.29, 0.717) is 17.3 Å². The fourth-order valence-electron chi connectivity index (χ4n) is 1.37. The highest BCUT2D eigenvalue weighted by Crippen LogP contribution is 2.26. The average molecular weight is 309 g/mol. The molecule has 8 heteroatoms. The molecule has 0 aliphatic heterocycles. The number of ether oxygens (including phenoxy) is 2. The normalized spacial score (nSPS) is 11.6. The van der Waals surface area contributed by atoms with Crippen molar-refractivity contribution in [3.05, 3.63) is 23.2 Å². The van der Waals surface area contributed by atoms with Crippen molar-refractivity contribution in [3.63, 3.8) is 0 Å². The Hall–Kier alpha value is -1.02. The Balaban J connectivity index is 2.71. The number of halogens is 1. The Morgan fingerprint density at radius 2 is 1.95 bits per heavy atom. The molecule has 0 bridgehead atoms. The second kappa shape index (κ2) is 6.95. The van der Waals surface area contributed by atoms with E-state index in [0.717, 1.165) is 11.9 Å². The standard InChI is InChI=1S/C11H17ClN2O4S/c1-17-11(18-2)7-13-8-4-5-10(9(12)6-8)14-19(3,15)16/h4-6,11,13-14H,7H2,1-3H3. The van der Waals surface area contributed by atoms with Gasteiger partial charge in [-0.15, -0.1) is 0 Å². The molecule has 0 radical (unpaired) electrons. The molecule has 0 spiro atoms. The van der Waals surface area contributed by atoms with Crippen LogP contribution in [0.2, 0.25) is 5.02 Å². The van der Waals surface area contributed by atoms with Crippen LogP contribution in [-0.2, 0) is 19.5 Å². The molecule has 0 aliphatic rings. The number of benzene rings is 1. The van der Waals surface area contributed by atoms with E-state index in [-0.39, 0.29) is 6.29 Å². The topological polar surface area (TPSA) is 76.7 Å². The molecular formula is C11H17ClN2O4S. The molecule has 0 atom stereocenters. The van der Waals surface area contributed by atoms with Gasteiger partial charge >= 0.3 is 0 Å². The van der Waals surface area contributed by atoms with Crippen LogP contribution in [-0.4, -0.2) is 41.7 Å². The third-order valence-corrected chi connectivity index (χ3v) is 3.17. The molecule has 19 heavy (non-hydrogen) atoms. The summed E-state index contributed by atoms with van der Waals surface area (Å²) in [7, 11) is -0.254. The number of sulfonamides is 1. The van der Waals surface area contributed by atoms with Crippen molar-refractivity contribution in [2.75, 3.05) is 37.1 Å². The lowest BCUT2D eigenvalue weighted by molar-refractivity contribution is -0.0914. The van der Waals surface area contributed by atoms with Crippen molar-refractivity contribution in [1.29, 1.82) is 0 Å². The van der Waals surface area contributed by atoms with Gasteiger partial charge in [-0.2, -0.15) is 0 Å². The molecule has 0 fully saturated rings. The highest BCUT2D eigenvalue weighted by atomic mass is 35.5. The molecule has 0 heterocycles. The summed E-state index contributed by atoms with van der Waals surface area (Å²) in [6.07, 6.45) is 0.699. The molecule has 108 valence electrons. The summed E-state index contributed by atoms with van der Waals surface area (Å²) in [6.45, 7) is 0.447. The predicted octanol–water partition coefficient (Wildman–Crippen LogP) is 1.74. The number of anilines is 2. The quantitative estimate of drug-likeness (QED) is 0.750. The van der Waals surface area contributed by atoms with Gasteiger partial charge < -0.3 is 14.8 Å². The van der Waals surface area contributed by atoms with E-state index >= 15 is 0 Å². The lowest BCUT2D eigenvalue weighted by Crippen LogP contribution is -2.23. The highest BCUT2D eigenvalue weighted by Gasteiger charge is 2.08. The van der Waals surface area contributed by atoms with Gasteiger partial charge in [0.15, 0.2) is 6.29 Å². The van der Waals surface area contributed by atoms with Gasteiger partial charge in [-0.05, 0) is 18.2 Å². The van der Waals surface area contributed by atoms with Gasteiger partial charge in [-0.25, -0.2) is 8.42 Å². The van der Waals surface area contributed by atoms with E-state index < -0.39 is 10.0 Å². The summed E-state index contributed by atoms with van der Waals surface area (Å²) in [5.74, 6) is 0. The molecule has 0 aromatic heterocycles. The maximum absolute atomic E-state index is 11.1. The van der Waals surface area contributed by atoms with Gasteiger partial charge in [-0.1, -0.05) is 11.6 Å². The first-order valence-corrected chi connectivity index (χ1v) is 7.69. The second-order valence-corrected chi connectivity index (χ2v) is 6.01. The highest BCUT2D eigenvalue weighted by molar-refractivity contribution is 7.92. The molecule has 0 unspecified atom stereocenters. The maximum atomic E-state index is 11.1. The number of methoxy groups -OCH3 is 2. The molecule has 0 saturated carbocycles.